The maximum absolute atomic E-state index is 14.2. The molecule has 2 heterocycles. The minimum Gasteiger partial charge on any atom is -0.493 e. The number of hydrogen-bond donors (Lipinski definition) is 1. The molecule has 2 aromatic heterocycles. The van der Waals surface area contributed by atoms with Gasteiger partial charge in [0.1, 0.15) is 10.5 Å². The molecule has 1 N–H and O–H groups in total. The second kappa shape index (κ2) is 10.1. The minimum absolute atomic E-state index is 0.00764. The van der Waals surface area contributed by atoms with E-state index in [0.29, 0.717) is 38.1 Å². The van der Waals surface area contributed by atoms with E-state index in [0.717, 1.165) is 11.8 Å². The van der Waals surface area contributed by atoms with Gasteiger partial charge in [0.25, 0.3) is 5.56 Å². The molecule has 0 fully saturated rings. The molecule has 33 heavy (non-hydrogen) atoms. The zero-order valence-corrected chi connectivity index (χ0v) is 19.5. The summed E-state index contributed by atoms with van der Waals surface area (Å²) in [6.45, 7) is 0.0198. The smallest absolute Gasteiger partial charge is 0.272 e. The molecule has 0 aliphatic rings. The number of methoxy groups -OCH3 is 2. The number of benzene rings is 2. The van der Waals surface area contributed by atoms with E-state index in [1.54, 1.807) is 47.8 Å². The maximum Gasteiger partial charge on any atom is 0.272 e. The summed E-state index contributed by atoms with van der Waals surface area (Å²) in [6, 6.07) is 13.1. The lowest BCUT2D eigenvalue weighted by atomic mass is 10.2. The van der Waals surface area contributed by atoms with E-state index in [4.69, 9.17) is 9.47 Å². The summed E-state index contributed by atoms with van der Waals surface area (Å²) in [7, 11) is 3.05. The Morgan fingerprint density at radius 3 is 2.70 bits per heavy atom. The van der Waals surface area contributed by atoms with Crippen LogP contribution in [0, 0.1) is 5.82 Å². The molecule has 2 aromatic carbocycles. The van der Waals surface area contributed by atoms with Crippen molar-refractivity contribution < 1.29 is 18.7 Å². The second-order valence-electron chi connectivity index (χ2n) is 6.92. The summed E-state index contributed by atoms with van der Waals surface area (Å²) >= 11 is 2.40. The van der Waals surface area contributed by atoms with Gasteiger partial charge in [-0.1, -0.05) is 30.0 Å². The van der Waals surface area contributed by atoms with Crippen LogP contribution in [0.5, 0.6) is 11.5 Å². The number of fused-ring (bicyclic) bond motifs is 1. The van der Waals surface area contributed by atoms with Crippen LogP contribution in [0.2, 0.25) is 0 Å². The number of nitrogens with zero attached hydrogens (tertiary/aromatic N) is 2. The number of nitrogens with one attached hydrogen (secondary N) is 1. The lowest BCUT2D eigenvalue weighted by Gasteiger charge is -2.13. The first kappa shape index (κ1) is 22.8. The van der Waals surface area contributed by atoms with Gasteiger partial charge in [0.15, 0.2) is 16.7 Å². The van der Waals surface area contributed by atoms with Gasteiger partial charge in [-0.2, -0.15) is 0 Å². The van der Waals surface area contributed by atoms with Crippen molar-refractivity contribution in [2.75, 3.05) is 25.3 Å². The number of halogens is 1. The van der Waals surface area contributed by atoms with E-state index >= 15 is 0 Å². The number of thiophene rings is 1. The normalized spacial score (nSPS) is 10.9. The van der Waals surface area contributed by atoms with Gasteiger partial charge in [0.2, 0.25) is 5.91 Å². The van der Waals surface area contributed by atoms with Crippen molar-refractivity contribution in [2.24, 2.45) is 0 Å². The van der Waals surface area contributed by atoms with E-state index in [1.165, 1.54) is 36.2 Å². The van der Waals surface area contributed by atoms with Crippen LogP contribution in [0.4, 0.5) is 10.1 Å². The van der Waals surface area contributed by atoms with Crippen molar-refractivity contribution in [3.8, 4) is 11.5 Å². The Bertz CT molecular complexity index is 1370. The molecule has 0 saturated heterocycles. The molecular formula is C23H20FN3O4S2. The van der Waals surface area contributed by atoms with Crippen molar-refractivity contribution in [2.45, 2.75) is 11.7 Å². The molecular weight excluding hydrogens is 465 g/mol. The van der Waals surface area contributed by atoms with Crippen molar-refractivity contribution in [3.63, 3.8) is 0 Å². The van der Waals surface area contributed by atoms with E-state index < -0.39 is 5.82 Å². The van der Waals surface area contributed by atoms with Crippen LogP contribution in [0.3, 0.4) is 0 Å². The highest BCUT2D eigenvalue weighted by molar-refractivity contribution is 7.99. The van der Waals surface area contributed by atoms with Crippen LogP contribution in [-0.4, -0.2) is 35.4 Å². The number of rotatable bonds is 8. The number of carbonyl (C=O) groups excluding carboxylic acids is 1. The lowest BCUT2D eigenvalue weighted by molar-refractivity contribution is -0.113. The predicted octanol–water partition coefficient (Wildman–Crippen LogP) is 4.39. The molecule has 0 bridgehead atoms. The monoisotopic (exact) mass is 485 g/mol. The highest BCUT2D eigenvalue weighted by Crippen LogP contribution is 2.30. The molecule has 4 aromatic rings. The molecule has 0 radical (unpaired) electrons. The summed E-state index contributed by atoms with van der Waals surface area (Å²) in [6.07, 6.45) is 0. The van der Waals surface area contributed by atoms with Crippen molar-refractivity contribution in [1.82, 2.24) is 9.55 Å². The molecule has 10 heteroatoms. The van der Waals surface area contributed by atoms with Crippen molar-refractivity contribution >= 4 is 44.9 Å². The van der Waals surface area contributed by atoms with Gasteiger partial charge < -0.3 is 14.8 Å². The number of thioether (sulfide) groups is 1. The zero-order chi connectivity index (χ0) is 23.4. The molecule has 0 unspecified atom stereocenters. The maximum atomic E-state index is 14.2. The molecule has 0 atom stereocenters. The Morgan fingerprint density at radius 2 is 1.94 bits per heavy atom. The Hall–Kier alpha value is -3.37. The molecule has 7 nitrogen and oxygen atoms in total. The summed E-state index contributed by atoms with van der Waals surface area (Å²) in [5.74, 6) is 0.358. The molecule has 4 rings (SSSR count). The molecule has 1 amide bonds. The second-order valence-corrected chi connectivity index (χ2v) is 8.78. The van der Waals surface area contributed by atoms with Crippen LogP contribution in [-0.2, 0) is 11.3 Å². The number of aromatic nitrogens is 2. The third-order valence-corrected chi connectivity index (χ3v) is 6.68. The highest BCUT2D eigenvalue weighted by Gasteiger charge is 2.16. The van der Waals surface area contributed by atoms with Crippen LogP contribution >= 0.6 is 23.1 Å². The first-order chi connectivity index (χ1) is 16.0. The fraction of sp³-hybridized carbons (Fsp3) is 0.174. The number of hydrogen-bond acceptors (Lipinski definition) is 7. The van der Waals surface area contributed by atoms with Gasteiger partial charge in [-0.05, 0) is 29.6 Å². The van der Waals surface area contributed by atoms with E-state index in [9.17, 15) is 14.0 Å². The van der Waals surface area contributed by atoms with E-state index in [2.05, 4.69) is 10.3 Å². The SMILES string of the molecule is COc1ccc(NC(=O)CSc2nc3ccsc3c(=O)n2Cc2ccccc2F)cc1OC. The lowest BCUT2D eigenvalue weighted by Crippen LogP contribution is -2.24. The average molecular weight is 486 g/mol. The first-order valence-electron chi connectivity index (χ1n) is 9.86. The van der Waals surface area contributed by atoms with Crippen LogP contribution in [0.15, 0.2) is 63.9 Å². The zero-order valence-electron chi connectivity index (χ0n) is 17.8. The number of anilines is 1. The average Bonchev–Trinajstić information content (AvgIpc) is 3.30. The van der Waals surface area contributed by atoms with Gasteiger partial charge in [-0.25, -0.2) is 9.37 Å². The van der Waals surface area contributed by atoms with Crippen LogP contribution in [0.25, 0.3) is 10.2 Å². The molecule has 0 aliphatic heterocycles. The van der Waals surface area contributed by atoms with Gasteiger partial charge in [0, 0.05) is 17.3 Å². The predicted molar refractivity (Wildman–Crippen MR) is 128 cm³/mol. The van der Waals surface area contributed by atoms with Crippen molar-refractivity contribution in [3.05, 3.63) is 75.6 Å². The van der Waals surface area contributed by atoms with Gasteiger partial charge in [-0.3, -0.25) is 14.2 Å². The summed E-state index contributed by atoms with van der Waals surface area (Å²) in [4.78, 5) is 30.2. The Morgan fingerprint density at radius 1 is 1.15 bits per heavy atom. The third-order valence-electron chi connectivity index (χ3n) is 4.82. The molecule has 0 spiro atoms. The quantitative estimate of drug-likeness (QED) is 0.294. The third kappa shape index (κ3) is 5.01. The first-order valence-corrected chi connectivity index (χ1v) is 11.7. The van der Waals surface area contributed by atoms with Crippen molar-refractivity contribution in [1.29, 1.82) is 0 Å². The van der Waals surface area contributed by atoms with Gasteiger partial charge >= 0.3 is 0 Å². The largest absolute Gasteiger partial charge is 0.493 e. The molecule has 170 valence electrons. The Balaban J connectivity index is 1.56. The summed E-state index contributed by atoms with van der Waals surface area (Å²) in [5.41, 5.74) is 1.20. The van der Waals surface area contributed by atoms with Crippen LogP contribution in [0.1, 0.15) is 5.56 Å². The van der Waals surface area contributed by atoms with E-state index in [1.807, 2.05) is 0 Å². The van der Waals surface area contributed by atoms with Crippen LogP contribution < -0.4 is 20.3 Å². The topological polar surface area (TPSA) is 82.5 Å². The minimum atomic E-state index is -0.405. The number of ether oxygens (including phenoxy) is 2. The Labute approximate surface area is 197 Å². The Kier molecular flexibility index (Phi) is 6.95. The van der Waals surface area contributed by atoms with Gasteiger partial charge in [-0.15, -0.1) is 11.3 Å². The summed E-state index contributed by atoms with van der Waals surface area (Å²) in [5, 5.41) is 4.92. The molecule has 0 saturated carbocycles. The number of amides is 1. The highest BCUT2D eigenvalue weighted by atomic mass is 32.2. The van der Waals surface area contributed by atoms with Gasteiger partial charge in [0.05, 0.1) is 32.0 Å². The number of carbonyl (C=O) groups is 1. The fourth-order valence-corrected chi connectivity index (χ4v) is 4.79. The van der Waals surface area contributed by atoms with E-state index in [-0.39, 0.29) is 23.8 Å². The fourth-order valence-electron chi connectivity index (χ4n) is 3.21. The summed E-state index contributed by atoms with van der Waals surface area (Å²) < 4.78 is 26.6. The standard InChI is InChI=1S/C23H20FN3O4S2/c1-30-18-8-7-15(11-19(18)31-2)25-20(28)13-33-23-26-17-9-10-32-21(17)22(29)27(23)12-14-5-3-4-6-16(14)24/h3-11H,12-13H2,1-2H3,(H,25,28). The molecule has 0 aliphatic carbocycles.